The van der Waals surface area contributed by atoms with Crippen LogP contribution in [0, 0.1) is 5.92 Å². The highest BCUT2D eigenvalue weighted by Gasteiger charge is 2.24. The van der Waals surface area contributed by atoms with Gasteiger partial charge in [-0.3, -0.25) is 9.48 Å². The molecule has 134 valence electrons. The predicted molar refractivity (Wildman–Crippen MR) is 96.5 cm³/mol. The maximum absolute atomic E-state index is 12.4. The van der Waals surface area contributed by atoms with E-state index in [0.29, 0.717) is 11.5 Å². The van der Waals surface area contributed by atoms with Crippen molar-refractivity contribution >= 4 is 11.9 Å². The molecule has 0 atom stereocenters. The van der Waals surface area contributed by atoms with Gasteiger partial charge >= 0.3 is 0 Å². The number of aromatic nitrogens is 4. The van der Waals surface area contributed by atoms with Crippen molar-refractivity contribution in [3.05, 3.63) is 35.9 Å². The predicted octanol–water partition coefficient (Wildman–Crippen LogP) is 1.76. The van der Waals surface area contributed by atoms with Gasteiger partial charge in [-0.25, -0.2) is 9.97 Å². The highest BCUT2D eigenvalue weighted by atomic mass is 16.2. The Labute approximate surface area is 148 Å². The minimum Gasteiger partial charge on any atom is -0.341 e. The van der Waals surface area contributed by atoms with Crippen molar-refractivity contribution in [2.24, 2.45) is 13.0 Å². The lowest BCUT2D eigenvalue weighted by atomic mass is 9.96. The van der Waals surface area contributed by atoms with E-state index in [1.807, 2.05) is 31.4 Å². The number of piperidine rings is 1. The van der Waals surface area contributed by atoms with Crippen LogP contribution in [0.1, 0.15) is 35.7 Å². The highest BCUT2D eigenvalue weighted by molar-refractivity contribution is 5.93. The van der Waals surface area contributed by atoms with Crippen molar-refractivity contribution in [1.82, 2.24) is 24.6 Å². The monoisotopic (exact) mass is 342 g/mol. The molecule has 3 rings (SSSR count). The van der Waals surface area contributed by atoms with Gasteiger partial charge in [-0.1, -0.05) is 6.92 Å². The zero-order valence-electron chi connectivity index (χ0n) is 15.2. The van der Waals surface area contributed by atoms with E-state index in [4.69, 9.17) is 0 Å². The normalized spacial score (nSPS) is 15.4. The van der Waals surface area contributed by atoms with Gasteiger partial charge in [0.2, 0.25) is 5.95 Å². The Balaban J connectivity index is 1.50. The fourth-order valence-electron chi connectivity index (χ4n) is 3.23. The van der Waals surface area contributed by atoms with Gasteiger partial charge < -0.3 is 9.80 Å². The number of nitrogens with zero attached hydrogens (tertiary/aromatic N) is 6. The summed E-state index contributed by atoms with van der Waals surface area (Å²) >= 11 is 0. The first-order valence-electron chi connectivity index (χ1n) is 8.86. The van der Waals surface area contributed by atoms with Crippen LogP contribution < -0.4 is 4.90 Å². The standard InChI is InChI=1S/C18H26N6O/c1-4-14-9-19-18(20-10-14)24-7-5-15(6-8-24)12-22(2)17(25)16-11-21-23(3)13-16/h9-11,13,15H,4-8,12H2,1-3H3. The molecule has 0 bridgehead atoms. The average Bonchev–Trinajstić information content (AvgIpc) is 3.08. The SMILES string of the molecule is CCc1cnc(N2CCC(CN(C)C(=O)c3cnn(C)c3)CC2)nc1. The van der Waals surface area contributed by atoms with Crippen LogP contribution in [0.2, 0.25) is 0 Å². The van der Waals surface area contributed by atoms with Crippen molar-refractivity contribution in [3.8, 4) is 0 Å². The topological polar surface area (TPSA) is 67.2 Å². The van der Waals surface area contributed by atoms with E-state index >= 15 is 0 Å². The Hall–Kier alpha value is -2.44. The number of aryl methyl sites for hydroxylation is 2. The van der Waals surface area contributed by atoms with Gasteiger partial charge in [-0.15, -0.1) is 0 Å². The Morgan fingerprint density at radius 2 is 1.92 bits per heavy atom. The van der Waals surface area contributed by atoms with E-state index in [1.165, 1.54) is 0 Å². The van der Waals surface area contributed by atoms with Crippen LogP contribution in [0.25, 0.3) is 0 Å². The summed E-state index contributed by atoms with van der Waals surface area (Å²) in [6.07, 6.45) is 10.3. The van der Waals surface area contributed by atoms with E-state index in [-0.39, 0.29) is 5.91 Å². The molecule has 1 fully saturated rings. The van der Waals surface area contributed by atoms with Crippen molar-refractivity contribution < 1.29 is 4.79 Å². The summed E-state index contributed by atoms with van der Waals surface area (Å²) in [6, 6.07) is 0. The second kappa shape index (κ2) is 7.63. The Bertz CT molecular complexity index is 703. The first-order valence-corrected chi connectivity index (χ1v) is 8.86. The number of rotatable bonds is 5. The lowest BCUT2D eigenvalue weighted by Gasteiger charge is -2.33. The smallest absolute Gasteiger partial charge is 0.256 e. The number of anilines is 1. The lowest BCUT2D eigenvalue weighted by Crippen LogP contribution is -2.40. The molecular formula is C18H26N6O. The Kier molecular flexibility index (Phi) is 5.31. The molecule has 0 radical (unpaired) electrons. The molecule has 2 aromatic heterocycles. The molecule has 0 N–H and O–H groups in total. The largest absolute Gasteiger partial charge is 0.341 e. The van der Waals surface area contributed by atoms with Gasteiger partial charge in [0.15, 0.2) is 0 Å². The second-order valence-corrected chi connectivity index (χ2v) is 6.76. The Morgan fingerprint density at radius 3 is 2.48 bits per heavy atom. The van der Waals surface area contributed by atoms with Crippen LogP contribution in [0.4, 0.5) is 5.95 Å². The third-order valence-electron chi connectivity index (χ3n) is 4.83. The summed E-state index contributed by atoms with van der Waals surface area (Å²) in [5, 5.41) is 4.07. The number of hydrogen-bond acceptors (Lipinski definition) is 5. The number of carbonyl (C=O) groups is 1. The zero-order valence-corrected chi connectivity index (χ0v) is 15.2. The maximum Gasteiger partial charge on any atom is 0.256 e. The molecule has 1 aliphatic rings. The summed E-state index contributed by atoms with van der Waals surface area (Å²) in [6.45, 7) is 4.75. The average molecular weight is 342 g/mol. The molecule has 1 aliphatic heterocycles. The van der Waals surface area contributed by atoms with Gasteiger partial charge in [-0.05, 0) is 30.7 Å². The molecule has 0 aliphatic carbocycles. The molecule has 25 heavy (non-hydrogen) atoms. The number of hydrogen-bond donors (Lipinski definition) is 0. The first-order chi connectivity index (χ1) is 12.1. The van der Waals surface area contributed by atoms with Crippen LogP contribution in [0.3, 0.4) is 0 Å². The third-order valence-corrected chi connectivity index (χ3v) is 4.83. The molecule has 3 heterocycles. The summed E-state index contributed by atoms with van der Waals surface area (Å²) in [5.74, 6) is 1.36. The first kappa shape index (κ1) is 17.4. The van der Waals surface area contributed by atoms with E-state index in [2.05, 4.69) is 26.9 Å². The van der Waals surface area contributed by atoms with E-state index in [0.717, 1.165) is 50.4 Å². The van der Waals surface area contributed by atoms with Crippen molar-refractivity contribution in [2.45, 2.75) is 26.2 Å². The second-order valence-electron chi connectivity index (χ2n) is 6.76. The molecule has 7 nitrogen and oxygen atoms in total. The number of amides is 1. The van der Waals surface area contributed by atoms with Gasteiger partial charge in [-0.2, -0.15) is 5.10 Å². The van der Waals surface area contributed by atoms with Crippen LogP contribution in [0.15, 0.2) is 24.8 Å². The molecule has 0 spiro atoms. The molecule has 0 unspecified atom stereocenters. The summed E-state index contributed by atoms with van der Waals surface area (Å²) in [4.78, 5) is 25.4. The zero-order chi connectivity index (χ0) is 17.8. The molecule has 1 amide bonds. The summed E-state index contributed by atoms with van der Waals surface area (Å²) < 4.78 is 1.66. The number of carbonyl (C=O) groups excluding carboxylic acids is 1. The van der Waals surface area contributed by atoms with Crippen LogP contribution in [-0.2, 0) is 13.5 Å². The quantitative estimate of drug-likeness (QED) is 0.828. The van der Waals surface area contributed by atoms with E-state index < -0.39 is 0 Å². The molecular weight excluding hydrogens is 316 g/mol. The summed E-state index contributed by atoms with van der Waals surface area (Å²) in [7, 11) is 3.69. The molecule has 0 aromatic carbocycles. The summed E-state index contributed by atoms with van der Waals surface area (Å²) in [5.41, 5.74) is 1.81. The van der Waals surface area contributed by atoms with E-state index in [9.17, 15) is 4.79 Å². The molecule has 2 aromatic rings. The highest BCUT2D eigenvalue weighted by Crippen LogP contribution is 2.21. The van der Waals surface area contributed by atoms with Crippen LogP contribution in [-0.4, -0.2) is 57.2 Å². The lowest BCUT2D eigenvalue weighted by molar-refractivity contribution is 0.0764. The van der Waals surface area contributed by atoms with Gasteiger partial charge in [0, 0.05) is 52.3 Å². The van der Waals surface area contributed by atoms with Crippen molar-refractivity contribution in [2.75, 3.05) is 31.6 Å². The van der Waals surface area contributed by atoms with Crippen molar-refractivity contribution in [3.63, 3.8) is 0 Å². The molecule has 7 heteroatoms. The fourth-order valence-corrected chi connectivity index (χ4v) is 3.23. The van der Waals surface area contributed by atoms with Crippen LogP contribution in [0.5, 0.6) is 0 Å². The third kappa shape index (κ3) is 4.15. The Morgan fingerprint density at radius 1 is 1.24 bits per heavy atom. The van der Waals surface area contributed by atoms with Crippen molar-refractivity contribution in [1.29, 1.82) is 0 Å². The minimum atomic E-state index is 0.0361. The molecule has 0 saturated carbocycles. The van der Waals surface area contributed by atoms with Gasteiger partial charge in [0.05, 0.1) is 11.8 Å². The maximum atomic E-state index is 12.4. The minimum absolute atomic E-state index is 0.0361. The van der Waals surface area contributed by atoms with E-state index in [1.54, 1.807) is 17.1 Å². The fraction of sp³-hybridized carbons (Fsp3) is 0.556. The molecule has 1 saturated heterocycles. The van der Waals surface area contributed by atoms with Crippen LogP contribution >= 0.6 is 0 Å². The van der Waals surface area contributed by atoms with Gasteiger partial charge in [0.25, 0.3) is 5.91 Å². The van der Waals surface area contributed by atoms with Gasteiger partial charge in [0.1, 0.15) is 0 Å².